The van der Waals surface area contributed by atoms with E-state index in [1.807, 2.05) is 42.5 Å². The van der Waals surface area contributed by atoms with Gasteiger partial charge in [-0.15, -0.1) is 0 Å². The number of rotatable bonds is 4. The van der Waals surface area contributed by atoms with Crippen LogP contribution in [0.3, 0.4) is 0 Å². The first-order chi connectivity index (χ1) is 14.6. The van der Waals surface area contributed by atoms with E-state index < -0.39 is 0 Å². The molecule has 2 N–H and O–H groups in total. The molecule has 2 aromatic carbocycles. The van der Waals surface area contributed by atoms with E-state index in [1.165, 1.54) is 0 Å². The maximum absolute atomic E-state index is 10.7. The summed E-state index contributed by atoms with van der Waals surface area (Å²) in [4.78, 5) is 15.9. The molecule has 0 spiro atoms. The summed E-state index contributed by atoms with van der Waals surface area (Å²) in [6.45, 7) is 6.45. The average Bonchev–Trinajstić information content (AvgIpc) is 3.28. The first-order valence-electron chi connectivity index (χ1n) is 9.98. The standard InChI is InChI=1S/C22H21BrN4O3/c1-2-27-9-11-30(12-10-27)29-26-20-16-5-3-4-6-17(16)24-21(20)19-15-8-7-14(23)13-18(15)25-22(19)28/h3-8,13H,2,9-12H2,1H3,(H-,24,25,26,28)/p+1. The largest absolute Gasteiger partial charge is 0.494 e. The van der Waals surface area contributed by atoms with E-state index in [1.54, 1.807) is 0 Å². The van der Waals surface area contributed by atoms with E-state index >= 15 is 0 Å². The van der Waals surface area contributed by atoms with Gasteiger partial charge < -0.3 is 10.1 Å². The number of aromatic amines is 1. The van der Waals surface area contributed by atoms with Crippen LogP contribution in [0.4, 0.5) is 5.69 Å². The number of para-hydroxylation sites is 1. The number of hydrogen-bond acceptors (Lipinski definition) is 5. The number of likely N-dealkylation sites (N-methyl/N-ethyl adjacent to an activating group) is 1. The van der Waals surface area contributed by atoms with Gasteiger partial charge in [0, 0.05) is 20.6 Å². The van der Waals surface area contributed by atoms with E-state index in [0.717, 1.165) is 46.3 Å². The molecule has 1 aromatic heterocycles. The SMILES string of the molecule is CCN1CC[O+](ON=C2C(c3c(O)[nH]c4cc(Br)ccc34)=Nc3ccccc32)CC1. The lowest BCUT2D eigenvalue weighted by molar-refractivity contribution is -0.470. The lowest BCUT2D eigenvalue weighted by atomic mass is 10.0. The van der Waals surface area contributed by atoms with Gasteiger partial charge in [0.25, 0.3) is 0 Å². The monoisotopic (exact) mass is 469 g/mol. The minimum Gasteiger partial charge on any atom is -0.494 e. The Hall–Kier alpha value is -2.68. The van der Waals surface area contributed by atoms with Crippen molar-refractivity contribution in [2.75, 3.05) is 32.8 Å². The molecule has 1 fully saturated rings. The Morgan fingerprint density at radius 1 is 1.23 bits per heavy atom. The van der Waals surface area contributed by atoms with Crippen LogP contribution in [-0.4, -0.2) is 59.3 Å². The van der Waals surface area contributed by atoms with Gasteiger partial charge in [-0.25, -0.2) is 4.99 Å². The van der Waals surface area contributed by atoms with E-state index in [4.69, 9.17) is 9.98 Å². The summed E-state index contributed by atoms with van der Waals surface area (Å²) in [7, 11) is 0. The molecule has 3 aromatic rings. The number of fused-ring (bicyclic) bond motifs is 2. The van der Waals surface area contributed by atoms with Crippen LogP contribution in [0.25, 0.3) is 10.9 Å². The highest BCUT2D eigenvalue weighted by Crippen LogP contribution is 2.36. The number of oxime groups is 1. The molecule has 3 heterocycles. The minimum absolute atomic E-state index is 0.0616. The molecular formula is C22H22BrN4O3+. The van der Waals surface area contributed by atoms with E-state index in [-0.39, 0.29) is 5.88 Å². The average molecular weight is 470 g/mol. The van der Waals surface area contributed by atoms with Crippen molar-refractivity contribution in [3.05, 3.63) is 58.1 Å². The Morgan fingerprint density at radius 2 is 2.03 bits per heavy atom. The van der Waals surface area contributed by atoms with Crippen molar-refractivity contribution in [1.29, 1.82) is 0 Å². The first kappa shape index (κ1) is 19.3. The summed E-state index contributed by atoms with van der Waals surface area (Å²) in [5, 5.41) is 16.0. The minimum atomic E-state index is 0.0616. The number of benzene rings is 2. The van der Waals surface area contributed by atoms with Gasteiger partial charge in [0.05, 0.1) is 29.9 Å². The molecule has 8 heteroatoms. The zero-order chi connectivity index (χ0) is 20.7. The van der Waals surface area contributed by atoms with Crippen molar-refractivity contribution in [3.63, 3.8) is 0 Å². The van der Waals surface area contributed by atoms with Gasteiger partial charge >= 0.3 is 0 Å². The topological polar surface area (TPSA) is 75.9 Å². The number of nitrogens with zero attached hydrogens (tertiary/aromatic N) is 3. The summed E-state index contributed by atoms with van der Waals surface area (Å²) < 4.78 is 3.70. The lowest BCUT2D eigenvalue weighted by Crippen LogP contribution is -2.41. The third-order valence-electron chi connectivity index (χ3n) is 5.54. The van der Waals surface area contributed by atoms with Crippen molar-refractivity contribution in [1.82, 2.24) is 9.88 Å². The molecule has 0 bridgehead atoms. The number of aromatic hydroxyl groups is 1. The van der Waals surface area contributed by atoms with Crippen LogP contribution in [0.2, 0.25) is 0 Å². The van der Waals surface area contributed by atoms with Crippen LogP contribution in [0.15, 0.2) is 57.1 Å². The van der Waals surface area contributed by atoms with Gasteiger partial charge in [-0.3, -0.25) is 4.90 Å². The van der Waals surface area contributed by atoms with Gasteiger partial charge in [-0.2, -0.15) is 4.52 Å². The number of hydrogen-bond donors (Lipinski definition) is 2. The van der Waals surface area contributed by atoms with Crippen LogP contribution >= 0.6 is 15.9 Å². The molecule has 7 nitrogen and oxygen atoms in total. The van der Waals surface area contributed by atoms with Crippen molar-refractivity contribution >= 4 is 43.9 Å². The van der Waals surface area contributed by atoms with Crippen molar-refractivity contribution in [2.24, 2.45) is 10.1 Å². The summed E-state index contributed by atoms with van der Waals surface area (Å²) in [6.07, 6.45) is 0. The highest BCUT2D eigenvalue weighted by atomic mass is 79.9. The molecule has 0 saturated carbocycles. The molecule has 0 aliphatic carbocycles. The zero-order valence-corrected chi connectivity index (χ0v) is 18.1. The van der Waals surface area contributed by atoms with Gasteiger partial charge in [0.2, 0.25) is 13.2 Å². The Balaban J connectivity index is 1.52. The number of aromatic nitrogens is 1. The molecule has 2 aliphatic heterocycles. The van der Waals surface area contributed by atoms with Crippen LogP contribution in [0, 0.1) is 0 Å². The van der Waals surface area contributed by atoms with Gasteiger partial charge in [-0.05, 0) is 24.7 Å². The molecule has 0 atom stereocenters. The van der Waals surface area contributed by atoms with Crippen LogP contribution in [-0.2, 0) is 9.51 Å². The van der Waals surface area contributed by atoms with Gasteiger partial charge in [0.1, 0.15) is 11.4 Å². The predicted molar refractivity (Wildman–Crippen MR) is 121 cm³/mol. The summed E-state index contributed by atoms with van der Waals surface area (Å²) in [5.74, 6) is 0.0616. The normalized spacial score (nSPS) is 18.7. The molecule has 0 radical (unpaired) electrons. The fourth-order valence-corrected chi connectivity index (χ4v) is 4.25. The Kier molecular flexibility index (Phi) is 5.06. The van der Waals surface area contributed by atoms with Crippen LogP contribution in [0.1, 0.15) is 18.1 Å². The molecule has 5 rings (SSSR count). The van der Waals surface area contributed by atoms with E-state index in [9.17, 15) is 5.11 Å². The fraction of sp³-hybridized carbons (Fsp3) is 0.273. The van der Waals surface area contributed by atoms with Crippen molar-refractivity contribution < 1.29 is 14.6 Å². The second kappa shape index (κ2) is 7.86. The molecule has 0 unspecified atom stereocenters. The summed E-state index contributed by atoms with van der Waals surface area (Å²) in [6, 6.07) is 13.6. The van der Waals surface area contributed by atoms with E-state index in [2.05, 4.69) is 42.4 Å². The fourth-order valence-electron chi connectivity index (χ4n) is 3.89. The summed E-state index contributed by atoms with van der Waals surface area (Å²) in [5.41, 5.74) is 4.33. The molecule has 0 amide bonds. The Labute approximate surface area is 182 Å². The first-order valence-corrected chi connectivity index (χ1v) is 10.8. The number of halogens is 1. The highest BCUT2D eigenvalue weighted by Gasteiger charge is 2.31. The van der Waals surface area contributed by atoms with E-state index in [0.29, 0.717) is 30.2 Å². The van der Waals surface area contributed by atoms with Crippen molar-refractivity contribution in [3.8, 4) is 5.88 Å². The van der Waals surface area contributed by atoms with Crippen molar-refractivity contribution in [2.45, 2.75) is 6.92 Å². The number of morpholine rings is 1. The Bertz CT molecular complexity index is 1160. The quantitative estimate of drug-likeness (QED) is 0.339. The van der Waals surface area contributed by atoms with Gasteiger partial charge in [0.15, 0.2) is 5.88 Å². The number of nitrogens with one attached hydrogen (secondary N) is 1. The third kappa shape index (κ3) is 3.40. The second-order valence-electron chi connectivity index (χ2n) is 7.31. The second-order valence-corrected chi connectivity index (χ2v) is 8.23. The number of H-pyrrole nitrogens is 1. The molecule has 2 aliphatic rings. The van der Waals surface area contributed by atoms with Gasteiger partial charge in [-0.1, -0.05) is 52.1 Å². The lowest BCUT2D eigenvalue weighted by Gasteiger charge is -2.25. The smallest absolute Gasteiger partial charge is 0.213 e. The predicted octanol–water partition coefficient (Wildman–Crippen LogP) is 4.29. The maximum atomic E-state index is 10.7. The van der Waals surface area contributed by atoms with Crippen LogP contribution < -0.4 is 0 Å². The zero-order valence-electron chi connectivity index (χ0n) is 16.6. The highest BCUT2D eigenvalue weighted by molar-refractivity contribution is 9.10. The third-order valence-corrected chi connectivity index (χ3v) is 6.04. The molecule has 30 heavy (non-hydrogen) atoms. The Morgan fingerprint density at radius 3 is 2.83 bits per heavy atom. The summed E-state index contributed by atoms with van der Waals surface area (Å²) >= 11 is 3.48. The number of aliphatic imine (C=N–C) groups is 1. The molecule has 154 valence electrons. The molecular weight excluding hydrogens is 448 g/mol. The van der Waals surface area contributed by atoms with Crippen LogP contribution in [0.5, 0.6) is 5.88 Å². The maximum Gasteiger partial charge on any atom is 0.213 e. The molecule has 1 saturated heterocycles.